The number of nitrogens with one attached hydrogen (secondary N) is 1. The van der Waals surface area contributed by atoms with Crippen LogP contribution in [0.5, 0.6) is 5.75 Å². The van der Waals surface area contributed by atoms with Crippen molar-refractivity contribution in [1.82, 2.24) is 9.88 Å². The molecule has 214 valence electrons. The van der Waals surface area contributed by atoms with Gasteiger partial charge < -0.3 is 19.5 Å². The first-order valence-electron chi connectivity index (χ1n) is 12.9. The zero-order valence-corrected chi connectivity index (χ0v) is 22.6. The van der Waals surface area contributed by atoms with Crippen LogP contribution in [0.2, 0.25) is 0 Å². The number of para-hydroxylation sites is 1. The number of pyridine rings is 1. The number of nitrogens with zero attached hydrogens (tertiary/aromatic N) is 2. The molecule has 4 aromatic rings. The van der Waals surface area contributed by atoms with Crippen molar-refractivity contribution in [3.05, 3.63) is 123 Å². The second-order valence-electron chi connectivity index (χ2n) is 9.81. The molecule has 2 aliphatic rings. The van der Waals surface area contributed by atoms with Gasteiger partial charge in [0, 0.05) is 37.0 Å². The van der Waals surface area contributed by atoms with E-state index in [1.54, 1.807) is 54.6 Å². The molecule has 2 aliphatic heterocycles. The number of carbonyl (C=O) groups excluding carboxylic acids is 2. The summed E-state index contributed by atoms with van der Waals surface area (Å²) in [6.07, 6.45) is 1.19. The molecule has 1 N–H and O–H groups in total. The monoisotopic (exact) mass is 593 g/mol. The van der Waals surface area contributed by atoms with Gasteiger partial charge in [-0.15, -0.1) is 0 Å². The average molecular weight is 594 g/mol. The van der Waals surface area contributed by atoms with Crippen LogP contribution in [0.3, 0.4) is 0 Å². The highest BCUT2D eigenvalue weighted by Crippen LogP contribution is 2.37. The van der Waals surface area contributed by atoms with Crippen LogP contribution in [0.1, 0.15) is 38.0 Å². The van der Waals surface area contributed by atoms with Crippen molar-refractivity contribution >= 4 is 28.3 Å². The predicted octanol–water partition coefficient (Wildman–Crippen LogP) is 4.10. The molecule has 8 nitrogen and oxygen atoms in total. The van der Waals surface area contributed by atoms with E-state index >= 15 is 0 Å². The Morgan fingerprint density at radius 1 is 1.00 bits per heavy atom. The van der Waals surface area contributed by atoms with E-state index in [2.05, 4.69) is 5.32 Å². The fourth-order valence-electron chi connectivity index (χ4n) is 5.12. The average Bonchev–Trinajstić information content (AvgIpc) is 3.10. The first-order chi connectivity index (χ1) is 20.2. The van der Waals surface area contributed by atoms with Crippen molar-refractivity contribution in [2.75, 3.05) is 17.2 Å². The first kappa shape index (κ1) is 27.5. The molecule has 1 unspecified atom stereocenters. The third-order valence-electron chi connectivity index (χ3n) is 7.17. The summed E-state index contributed by atoms with van der Waals surface area (Å²) in [6, 6.07) is 16.0. The molecule has 0 radical (unpaired) electrons. The number of aromatic nitrogens is 1. The lowest BCUT2D eigenvalue weighted by molar-refractivity contribution is 0.0928. The van der Waals surface area contributed by atoms with E-state index < -0.39 is 69.2 Å². The quantitative estimate of drug-likeness (QED) is 0.363. The van der Waals surface area contributed by atoms with Gasteiger partial charge in [0.1, 0.15) is 29.6 Å². The second kappa shape index (κ2) is 10.9. The molecule has 2 bridgehead atoms. The van der Waals surface area contributed by atoms with Gasteiger partial charge in [0.05, 0.1) is 33.2 Å². The zero-order valence-electron chi connectivity index (χ0n) is 21.8. The number of amides is 2. The van der Waals surface area contributed by atoms with Crippen molar-refractivity contribution in [2.45, 2.75) is 24.1 Å². The summed E-state index contributed by atoms with van der Waals surface area (Å²) in [7, 11) is -1.51. The van der Waals surface area contributed by atoms with E-state index in [0.717, 1.165) is 0 Å². The summed E-state index contributed by atoms with van der Waals surface area (Å²) < 4.78 is 62.3. The van der Waals surface area contributed by atoms with Crippen LogP contribution < -0.4 is 20.4 Å². The highest BCUT2D eigenvalue weighted by Gasteiger charge is 2.40. The lowest BCUT2D eigenvalue weighted by Gasteiger charge is -2.35. The fourth-order valence-corrected chi connectivity index (χ4v) is 6.56. The Hall–Kier alpha value is -4.71. The van der Waals surface area contributed by atoms with Crippen LogP contribution in [0.4, 0.5) is 18.9 Å². The van der Waals surface area contributed by atoms with E-state index in [4.69, 9.17) is 4.74 Å². The van der Waals surface area contributed by atoms with Gasteiger partial charge in [-0.25, -0.2) is 13.2 Å². The summed E-state index contributed by atoms with van der Waals surface area (Å²) in [4.78, 5) is 42.8. The highest BCUT2D eigenvalue weighted by atomic mass is 32.2. The molecule has 0 spiro atoms. The molecule has 2 amide bonds. The number of anilines is 1. The standard InChI is InChI=1S/C30H22F3N3O5S/c31-18-10-22(32)20(23(33)11-18)12-34-29(38)21-14-35-19-13-36(24-8-4-5-9-25(24)42(40)16-19)30(39)26(35)28(27(21)37)41-15-17-6-2-1-3-7-17/h1-11,14,19H,12-13,15-16H2,(H,34,38)/t19-,42?/m1/s1. The van der Waals surface area contributed by atoms with Crippen LogP contribution in [0, 0.1) is 17.5 Å². The van der Waals surface area contributed by atoms with E-state index in [1.165, 1.54) is 15.7 Å². The van der Waals surface area contributed by atoms with E-state index in [0.29, 0.717) is 28.3 Å². The molecule has 42 heavy (non-hydrogen) atoms. The third-order valence-corrected chi connectivity index (χ3v) is 8.70. The summed E-state index contributed by atoms with van der Waals surface area (Å²) in [5, 5.41) is 2.30. The molecular formula is C30H22F3N3O5S. The maximum Gasteiger partial charge on any atom is 0.279 e. The number of fused-ring (bicyclic) bond motifs is 6. The maximum absolute atomic E-state index is 14.2. The highest BCUT2D eigenvalue weighted by molar-refractivity contribution is 7.85. The Bertz CT molecular complexity index is 1810. The first-order valence-corrected chi connectivity index (χ1v) is 14.2. The van der Waals surface area contributed by atoms with Gasteiger partial charge in [-0.2, -0.15) is 0 Å². The number of rotatable bonds is 6. The van der Waals surface area contributed by atoms with Gasteiger partial charge in [0.25, 0.3) is 11.8 Å². The number of halogens is 3. The number of ether oxygens (including phenoxy) is 1. The van der Waals surface area contributed by atoms with E-state index in [1.807, 2.05) is 0 Å². The van der Waals surface area contributed by atoms with Gasteiger partial charge in [0.2, 0.25) is 5.43 Å². The minimum atomic E-state index is -1.51. The third kappa shape index (κ3) is 4.87. The molecule has 0 aliphatic carbocycles. The summed E-state index contributed by atoms with van der Waals surface area (Å²) in [5.41, 5.74) is -0.892. The zero-order chi connectivity index (χ0) is 29.5. The van der Waals surface area contributed by atoms with E-state index in [-0.39, 0.29) is 30.3 Å². The minimum absolute atomic E-state index is 0.0852. The van der Waals surface area contributed by atoms with Crippen molar-refractivity contribution in [2.24, 2.45) is 0 Å². The molecule has 0 saturated carbocycles. The topological polar surface area (TPSA) is 97.7 Å². The smallest absolute Gasteiger partial charge is 0.279 e. The molecule has 6 rings (SSSR count). The number of benzene rings is 3. The van der Waals surface area contributed by atoms with Gasteiger partial charge >= 0.3 is 0 Å². The van der Waals surface area contributed by atoms with Crippen LogP contribution in [-0.2, 0) is 24.0 Å². The Kier molecular flexibility index (Phi) is 7.15. The largest absolute Gasteiger partial charge is 0.483 e. The second-order valence-corrected chi connectivity index (χ2v) is 11.3. The molecule has 0 fully saturated rings. The molecule has 0 saturated heterocycles. The van der Waals surface area contributed by atoms with Gasteiger partial charge in [0.15, 0.2) is 11.4 Å². The molecule has 2 atom stereocenters. The van der Waals surface area contributed by atoms with E-state index in [9.17, 15) is 31.8 Å². The van der Waals surface area contributed by atoms with Gasteiger partial charge in [-0.1, -0.05) is 42.5 Å². The fraction of sp³-hybridized carbons (Fsp3) is 0.167. The van der Waals surface area contributed by atoms with Crippen LogP contribution >= 0.6 is 0 Å². The molecule has 3 aromatic carbocycles. The van der Waals surface area contributed by atoms with Crippen molar-refractivity contribution in [3.8, 4) is 5.75 Å². The van der Waals surface area contributed by atoms with Crippen molar-refractivity contribution < 1.29 is 31.7 Å². The molecule has 1 aromatic heterocycles. The number of carbonyl (C=O) groups is 2. The molecule has 12 heteroatoms. The summed E-state index contributed by atoms with van der Waals surface area (Å²) in [5.74, 6) is -5.37. The molecule has 3 heterocycles. The SMILES string of the molecule is O=C(NCc1c(F)cc(F)cc1F)c1cn2c(c(OCc3ccccc3)c1=O)C(=O)N1C[C@@H]2CS(=O)c2ccccc21. The van der Waals surface area contributed by atoms with Crippen LogP contribution in [-0.4, -0.2) is 32.9 Å². The van der Waals surface area contributed by atoms with Crippen molar-refractivity contribution in [3.63, 3.8) is 0 Å². The number of hydrogen-bond donors (Lipinski definition) is 1. The Balaban J connectivity index is 1.43. The van der Waals surface area contributed by atoms with Gasteiger partial charge in [-0.05, 0) is 17.7 Å². The number of hydrogen-bond acceptors (Lipinski definition) is 5. The minimum Gasteiger partial charge on any atom is -0.483 e. The van der Waals surface area contributed by atoms with Gasteiger partial charge in [-0.3, -0.25) is 18.6 Å². The van der Waals surface area contributed by atoms with Crippen LogP contribution in [0.15, 0.2) is 82.6 Å². The van der Waals surface area contributed by atoms with Crippen molar-refractivity contribution in [1.29, 1.82) is 0 Å². The Morgan fingerprint density at radius 2 is 1.69 bits per heavy atom. The summed E-state index contributed by atoms with van der Waals surface area (Å²) >= 11 is 0. The summed E-state index contributed by atoms with van der Waals surface area (Å²) in [6.45, 7) is -0.642. The maximum atomic E-state index is 14.2. The Morgan fingerprint density at radius 3 is 2.43 bits per heavy atom. The predicted molar refractivity (Wildman–Crippen MR) is 147 cm³/mol. The lowest BCUT2D eigenvalue weighted by Crippen LogP contribution is -2.46. The molecular weight excluding hydrogens is 571 g/mol. The normalized spacial score (nSPS) is 17.2. The Labute approximate surface area is 239 Å². The lowest BCUT2D eigenvalue weighted by atomic mass is 10.1. The van der Waals surface area contributed by atoms with Crippen LogP contribution in [0.25, 0.3) is 0 Å².